The first-order valence-corrected chi connectivity index (χ1v) is 26.2. The highest BCUT2D eigenvalue weighted by Gasteiger charge is 2.57. The number of carbonyl (C=O) groups excluding carboxylic acids is 3. The van der Waals surface area contributed by atoms with Crippen molar-refractivity contribution in [3.63, 3.8) is 0 Å². The van der Waals surface area contributed by atoms with Crippen LogP contribution in [0.2, 0.25) is 0 Å². The van der Waals surface area contributed by atoms with Crippen molar-refractivity contribution in [3.8, 4) is 0 Å². The van der Waals surface area contributed by atoms with Gasteiger partial charge in [0.2, 0.25) is 0 Å². The maximum absolute atomic E-state index is 14.6. The van der Waals surface area contributed by atoms with Crippen LogP contribution in [0.1, 0.15) is 57.7 Å². The summed E-state index contributed by atoms with van der Waals surface area (Å²) in [6, 6.07) is 42.2. The molecule has 22 heteroatoms. The molecule has 9 unspecified atom stereocenters. The molecule has 424 valence electrons. The van der Waals surface area contributed by atoms with E-state index in [9.17, 15) is 25.4 Å². The van der Waals surface area contributed by atoms with Gasteiger partial charge in [-0.2, -0.15) is 10.8 Å². The van der Waals surface area contributed by atoms with Crippen molar-refractivity contribution in [1.82, 2.24) is 5.43 Å². The Morgan fingerprint density at radius 3 is 1.52 bits per heavy atom. The molecule has 15 atom stereocenters. The number of benzene rings is 5. The quantitative estimate of drug-likeness (QED) is 0.0159. The van der Waals surface area contributed by atoms with Gasteiger partial charge in [0.05, 0.1) is 49.2 Å². The van der Waals surface area contributed by atoms with Gasteiger partial charge in [0.15, 0.2) is 25.0 Å². The summed E-state index contributed by atoms with van der Waals surface area (Å²) in [5, 5.41) is 6.11. The second kappa shape index (κ2) is 29.9. The van der Waals surface area contributed by atoms with E-state index in [2.05, 4.69) is 15.5 Å². The second-order valence-electron chi connectivity index (χ2n) is 18.9. The van der Waals surface area contributed by atoms with Gasteiger partial charge >= 0.3 is 17.9 Å². The monoisotopic (exact) mass is 1100 g/mol. The molecule has 3 aliphatic rings. The molecule has 3 heterocycles. The van der Waals surface area contributed by atoms with Gasteiger partial charge in [-0.05, 0) is 52.9 Å². The molecule has 0 amide bonds. The van der Waals surface area contributed by atoms with E-state index in [1.807, 2.05) is 103 Å². The standard InChI is InChI=1S/C58H66N6O16/c1-5-42-48(51(45(61-63-59)56(69-4)75-42)72-32-38-23-13-7-14-24-38)80-58-53(78-55(67)41-29-19-10-20-30-41)52(73-33-39-25-15-8-16-26-39)49(44(77-58)34-70-36(2)65)79-57-46(62-64-60)50(71-31-37-21-11-6-12-22-37)47(68-3)43(76-57)35-74-54(66)40-27-17-9-18-28-40/h6-30,42-53,56-58,64H,5,31-35H2,1-4H3,(H-,60,62)/t42?,43?,44-,45-,46-,47?,48?,49+,50+,51+,52?,53?,56?,57?,58?/m0/s1. The summed E-state index contributed by atoms with van der Waals surface area (Å²) < 4.78 is 84.3. The van der Waals surface area contributed by atoms with Gasteiger partial charge in [0, 0.05) is 26.1 Å². The van der Waals surface area contributed by atoms with Crippen LogP contribution in [-0.2, 0) is 86.2 Å². The lowest BCUT2D eigenvalue weighted by atomic mass is 9.93. The topological polar surface area (TPSA) is 268 Å². The van der Waals surface area contributed by atoms with Gasteiger partial charge < -0.3 is 61.6 Å². The van der Waals surface area contributed by atoms with E-state index in [0.29, 0.717) is 12.0 Å². The Morgan fingerprint density at radius 1 is 0.550 bits per heavy atom. The molecule has 2 N–H and O–H groups in total. The number of ether oxygens (including phenoxy) is 13. The lowest BCUT2D eigenvalue weighted by Crippen LogP contribution is -2.84. The molecule has 22 nitrogen and oxygen atoms in total. The Hall–Kier alpha value is -7.18. The average molecular weight is 1100 g/mol. The van der Waals surface area contributed by atoms with Crippen molar-refractivity contribution in [2.45, 2.75) is 132 Å². The summed E-state index contributed by atoms with van der Waals surface area (Å²) in [5.74, 6) is -2.12. The van der Waals surface area contributed by atoms with Crippen molar-refractivity contribution in [2.75, 3.05) is 27.4 Å². The summed E-state index contributed by atoms with van der Waals surface area (Å²) in [7, 11) is 2.86. The number of rotatable bonds is 26. The molecular formula is C58H66N6O16. The van der Waals surface area contributed by atoms with E-state index in [-0.39, 0.29) is 37.6 Å². The number of hydrogen-bond acceptors (Lipinski definition) is 17. The van der Waals surface area contributed by atoms with E-state index in [1.165, 1.54) is 21.1 Å². The van der Waals surface area contributed by atoms with Crippen LogP contribution in [0.15, 0.2) is 157 Å². The number of nitrogens with one attached hydrogen (secondary N) is 2. The molecule has 0 aromatic heterocycles. The molecule has 0 spiro atoms. The Morgan fingerprint density at radius 2 is 1.01 bits per heavy atom. The Bertz CT molecular complexity index is 2760. The molecular weight excluding hydrogens is 1040 g/mol. The number of carbonyl (C=O) groups is 3. The lowest BCUT2D eigenvalue weighted by molar-refractivity contribution is -0.567. The molecule has 0 bridgehead atoms. The predicted octanol–water partition coefficient (Wildman–Crippen LogP) is 6.06. The summed E-state index contributed by atoms with van der Waals surface area (Å²) in [6.45, 7) is 2.22. The minimum atomic E-state index is -1.61. The van der Waals surface area contributed by atoms with Gasteiger partial charge in [-0.25, -0.2) is 9.59 Å². The molecule has 5 aromatic carbocycles. The first-order chi connectivity index (χ1) is 39.1. The lowest BCUT2D eigenvalue weighted by Gasteiger charge is -2.51. The maximum Gasteiger partial charge on any atom is 0.338 e. The second-order valence-corrected chi connectivity index (χ2v) is 18.9. The molecule has 8 rings (SSSR count). The first-order valence-electron chi connectivity index (χ1n) is 26.2. The normalized spacial score (nSPS) is 28.3. The third-order valence-electron chi connectivity index (χ3n) is 13.7. The third-order valence-corrected chi connectivity index (χ3v) is 13.7. The highest BCUT2D eigenvalue weighted by Crippen LogP contribution is 2.38. The Balaban J connectivity index is 1.23. The minimum Gasteiger partial charge on any atom is -0.463 e. The van der Waals surface area contributed by atoms with Crippen LogP contribution in [-0.4, -0.2) is 137 Å². The van der Waals surface area contributed by atoms with Crippen LogP contribution in [0.3, 0.4) is 0 Å². The van der Waals surface area contributed by atoms with Gasteiger partial charge in [-0.15, -0.1) is 0 Å². The van der Waals surface area contributed by atoms with E-state index in [0.717, 1.165) is 11.1 Å². The Kier molecular flexibility index (Phi) is 22.0. The number of hydrazine groups is 1. The predicted molar refractivity (Wildman–Crippen MR) is 282 cm³/mol. The molecule has 5 aromatic rings. The fraction of sp³-hybridized carbons (Fsp3) is 0.431. The van der Waals surface area contributed by atoms with Crippen molar-refractivity contribution < 1.29 is 81.2 Å². The average Bonchev–Trinajstić information content (AvgIpc) is 3.51. The van der Waals surface area contributed by atoms with Crippen molar-refractivity contribution >= 4 is 17.9 Å². The largest absolute Gasteiger partial charge is 0.463 e. The molecule has 3 aliphatic heterocycles. The number of azide groups is 1. The number of hydrogen-bond donors (Lipinski definition) is 2. The number of nitrogens with zero attached hydrogens (tertiary/aromatic N) is 4. The zero-order chi connectivity index (χ0) is 56.2. The van der Waals surface area contributed by atoms with Crippen LogP contribution < -0.4 is 10.6 Å². The SMILES string of the molecule is CCC1OC(OC)[C@@H](N=[N+]=[N-])[C@@H](OCc2ccccc2)C1OC1O[C@@H](COC(C)=O)[C@@H](OC2OC(COC(=O)c3ccccc3)C(OC)[C@H](OCc3ccccc3)[C@@H]2N[NH+]=[N-])C(OCc2ccccc2)C1OC(=O)c1ccccc1. The summed E-state index contributed by atoms with van der Waals surface area (Å²) >= 11 is 0. The fourth-order valence-electron chi connectivity index (χ4n) is 9.81. The van der Waals surface area contributed by atoms with Crippen molar-refractivity contribution in [3.05, 3.63) is 195 Å². The summed E-state index contributed by atoms with van der Waals surface area (Å²) in [6.07, 6.45) is -15.7. The van der Waals surface area contributed by atoms with Crippen molar-refractivity contribution in [2.24, 2.45) is 5.11 Å². The van der Waals surface area contributed by atoms with Crippen LogP contribution in [0.25, 0.3) is 16.0 Å². The molecule has 0 radical (unpaired) electrons. The fourth-order valence-corrected chi connectivity index (χ4v) is 9.81. The van der Waals surface area contributed by atoms with E-state index >= 15 is 0 Å². The van der Waals surface area contributed by atoms with Gasteiger partial charge in [0.1, 0.15) is 62.0 Å². The molecule has 3 fully saturated rings. The van der Waals surface area contributed by atoms with E-state index < -0.39 is 117 Å². The van der Waals surface area contributed by atoms with E-state index in [4.69, 9.17) is 61.6 Å². The van der Waals surface area contributed by atoms with Gasteiger partial charge in [-0.1, -0.05) is 139 Å². The molecule has 3 saturated heterocycles. The number of esters is 3. The smallest absolute Gasteiger partial charge is 0.338 e. The van der Waals surface area contributed by atoms with Gasteiger partial charge in [-0.3, -0.25) is 10.2 Å². The molecule has 0 aliphatic carbocycles. The number of methoxy groups -OCH3 is 2. The molecule has 0 saturated carbocycles. The maximum atomic E-state index is 14.6. The van der Waals surface area contributed by atoms with Crippen LogP contribution >= 0.6 is 0 Å². The zero-order valence-electron chi connectivity index (χ0n) is 44.7. The molecule has 80 heavy (non-hydrogen) atoms. The van der Waals surface area contributed by atoms with Crippen LogP contribution in [0.4, 0.5) is 0 Å². The van der Waals surface area contributed by atoms with Crippen molar-refractivity contribution in [1.29, 1.82) is 0 Å². The Labute approximate surface area is 463 Å². The summed E-state index contributed by atoms with van der Waals surface area (Å²) in [4.78, 5) is 44.0. The summed E-state index contributed by atoms with van der Waals surface area (Å²) in [5.41, 5.74) is 25.9. The third kappa shape index (κ3) is 15.4. The first kappa shape index (κ1) is 59.0. The highest BCUT2D eigenvalue weighted by atomic mass is 16.8. The highest BCUT2D eigenvalue weighted by molar-refractivity contribution is 5.89. The van der Waals surface area contributed by atoms with Crippen LogP contribution in [0.5, 0.6) is 0 Å². The van der Waals surface area contributed by atoms with Gasteiger partial charge in [0.25, 0.3) is 0 Å². The zero-order valence-corrected chi connectivity index (χ0v) is 44.7. The van der Waals surface area contributed by atoms with Crippen LogP contribution in [0, 0.1) is 0 Å². The van der Waals surface area contributed by atoms with E-state index in [1.54, 1.807) is 60.7 Å². The minimum absolute atomic E-state index is 0.0462.